The van der Waals surface area contributed by atoms with Crippen molar-refractivity contribution in [2.24, 2.45) is 0 Å². The number of ether oxygens (including phenoxy) is 1. The van der Waals surface area contributed by atoms with E-state index in [1.54, 1.807) is 0 Å². The second-order valence-electron chi connectivity index (χ2n) is 4.52. The zero-order chi connectivity index (χ0) is 13.8. The lowest BCUT2D eigenvalue weighted by molar-refractivity contribution is 0.301. The van der Waals surface area contributed by atoms with Crippen LogP contribution in [0.25, 0.3) is 0 Å². The number of rotatable bonds is 5. The van der Waals surface area contributed by atoms with Gasteiger partial charge in [-0.25, -0.2) is 0 Å². The van der Waals surface area contributed by atoms with Crippen molar-refractivity contribution in [2.45, 2.75) is 27.0 Å². The molecule has 102 valence electrons. The predicted molar refractivity (Wildman–Crippen MR) is 76.7 cm³/mol. The maximum atomic E-state index is 5.97. The first kappa shape index (κ1) is 14.0. The highest BCUT2D eigenvalue weighted by molar-refractivity contribution is 6.30. The number of aryl methyl sites for hydroxylation is 2. The summed E-state index contributed by atoms with van der Waals surface area (Å²) < 4.78 is 11.4. The maximum absolute atomic E-state index is 5.97. The molecule has 2 aromatic rings. The molecule has 1 N–H and O–H groups in total. The molecule has 0 saturated heterocycles. The Bertz CT molecular complexity index is 563. The minimum absolute atomic E-state index is 0.486. The van der Waals surface area contributed by atoms with Crippen molar-refractivity contribution >= 4 is 11.6 Å². The third-order valence-corrected chi connectivity index (χ3v) is 3.19. The van der Waals surface area contributed by atoms with E-state index in [0.29, 0.717) is 11.6 Å². The Kier molecular flexibility index (Phi) is 4.51. The van der Waals surface area contributed by atoms with Gasteiger partial charge in [-0.15, -0.1) is 0 Å². The van der Waals surface area contributed by atoms with Gasteiger partial charge in [0.15, 0.2) is 0 Å². The van der Waals surface area contributed by atoms with Gasteiger partial charge < -0.3 is 14.5 Å². The molecule has 0 spiro atoms. The van der Waals surface area contributed by atoms with Crippen LogP contribution in [-0.2, 0) is 13.2 Å². The van der Waals surface area contributed by atoms with Crippen LogP contribution in [0.5, 0.6) is 5.75 Å². The molecule has 0 unspecified atom stereocenters. The lowest BCUT2D eigenvalue weighted by Crippen LogP contribution is -2.03. The topological polar surface area (TPSA) is 34.4 Å². The molecule has 19 heavy (non-hydrogen) atoms. The van der Waals surface area contributed by atoms with Crippen LogP contribution < -0.4 is 10.1 Å². The molecule has 0 atom stereocenters. The van der Waals surface area contributed by atoms with Crippen LogP contribution in [0.3, 0.4) is 0 Å². The second-order valence-corrected chi connectivity index (χ2v) is 4.96. The van der Waals surface area contributed by atoms with E-state index in [2.05, 4.69) is 5.32 Å². The lowest BCUT2D eigenvalue weighted by Gasteiger charge is -2.08. The van der Waals surface area contributed by atoms with Gasteiger partial charge in [-0.3, -0.25) is 0 Å². The van der Waals surface area contributed by atoms with Crippen molar-refractivity contribution in [2.75, 3.05) is 7.05 Å². The van der Waals surface area contributed by atoms with Crippen LogP contribution in [-0.4, -0.2) is 7.05 Å². The third-order valence-electron chi connectivity index (χ3n) is 2.96. The van der Waals surface area contributed by atoms with Gasteiger partial charge in [0, 0.05) is 10.6 Å². The van der Waals surface area contributed by atoms with E-state index in [4.69, 9.17) is 20.8 Å². The second kappa shape index (κ2) is 6.13. The number of nitrogens with one attached hydrogen (secondary N) is 1. The standard InChI is InChI=1S/C15H18ClNO2/c1-10-4-5-13(16)7-15(10)18-9-12-6-14(8-17-3)19-11(12)2/h4-7,17H,8-9H2,1-3H3. The van der Waals surface area contributed by atoms with E-state index in [0.717, 1.165) is 34.9 Å². The molecule has 0 saturated carbocycles. The molecule has 0 aliphatic heterocycles. The van der Waals surface area contributed by atoms with Crippen LogP contribution in [0.2, 0.25) is 5.02 Å². The van der Waals surface area contributed by atoms with Crippen molar-refractivity contribution < 1.29 is 9.15 Å². The molecule has 0 radical (unpaired) electrons. The average molecular weight is 280 g/mol. The molecule has 3 nitrogen and oxygen atoms in total. The summed E-state index contributed by atoms with van der Waals surface area (Å²) >= 11 is 5.97. The fourth-order valence-corrected chi connectivity index (χ4v) is 2.04. The Hall–Kier alpha value is -1.45. The van der Waals surface area contributed by atoms with Gasteiger partial charge in [0.05, 0.1) is 6.54 Å². The summed E-state index contributed by atoms with van der Waals surface area (Å²) in [6.07, 6.45) is 0. The summed E-state index contributed by atoms with van der Waals surface area (Å²) in [6, 6.07) is 7.66. The molecule has 2 rings (SSSR count). The van der Waals surface area contributed by atoms with Crippen LogP contribution in [0.4, 0.5) is 0 Å². The fraction of sp³-hybridized carbons (Fsp3) is 0.333. The molecule has 4 heteroatoms. The first-order chi connectivity index (χ1) is 9.10. The summed E-state index contributed by atoms with van der Waals surface area (Å²) in [4.78, 5) is 0. The van der Waals surface area contributed by atoms with E-state index in [1.807, 2.05) is 45.2 Å². The fourth-order valence-electron chi connectivity index (χ4n) is 1.88. The zero-order valence-corrected chi connectivity index (χ0v) is 12.2. The van der Waals surface area contributed by atoms with Crippen molar-refractivity contribution in [1.29, 1.82) is 0 Å². The number of furan rings is 1. The average Bonchev–Trinajstić information content (AvgIpc) is 2.71. The van der Waals surface area contributed by atoms with Crippen molar-refractivity contribution in [3.63, 3.8) is 0 Å². The van der Waals surface area contributed by atoms with E-state index in [-0.39, 0.29) is 0 Å². The molecule has 0 bridgehead atoms. The molecular formula is C15H18ClNO2. The summed E-state index contributed by atoms with van der Waals surface area (Å²) in [5.74, 6) is 2.62. The molecule has 1 aromatic carbocycles. The van der Waals surface area contributed by atoms with Crippen molar-refractivity contribution in [1.82, 2.24) is 5.32 Å². The first-order valence-electron chi connectivity index (χ1n) is 6.22. The quantitative estimate of drug-likeness (QED) is 0.903. The molecule has 0 amide bonds. The Morgan fingerprint density at radius 3 is 2.79 bits per heavy atom. The summed E-state index contributed by atoms with van der Waals surface area (Å²) in [5.41, 5.74) is 2.13. The van der Waals surface area contributed by atoms with Gasteiger partial charge >= 0.3 is 0 Å². The largest absolute Gasteiger partial charge is 0.488 e. The number of benzene rings is 1. The van der Waals surface area contributed by atoms with E-state index >= 15 is 0 Å². The van der Waals surface area contributed by atoms with E-state index < -0.39 is 0 Å². The van der Waals surface area contributed by atoms with Crippen LogP contribution >= 0.6 is 11.6 Å². The Morgan fingerprint density at radius 2 is 2.05 bits per heavy atom. The molecule has 1 heterocycles. The van der Waals surface area contributed by atoms with Crippen molar-refractivity contribution in [3.05, 3.63) is 51.9 Å². The minimum atomic E-state index is 0.486. The summed E-state index contributed by atoms with van der Waals surface area (Å²) in [6.45, 7) is 5.15. The van der Waals surface area contributed by atoms with Crippen LogP contribution in [0.1, 0.15) is 22.6 Å². The first-order valence-corrected chi connectivity index (χ1v) is 6.59. The maximum Gasteiger partial charge on any atom is 0.124 e. The predicted octanol–water partition coefficient (Wildman–Crippen LogP) is 3.85. The smallest absolute Gasteiger partial charge is 0.124 e. The van der Waals surface area contributed by atoms with Gasteiger partial charge in [0.2, 0.25) is 0 Å². The van der Waals surface area contributed by atoms with Gasteiger partial charge in [-0.05, 0) is 44.7 Å². The van der Waals surface area contributed by atoms with Gasteiger partial charge in [0.25, 0.3) is 0 Å². The number of halogens is 1. The van der Waals surface area contributed by atoms with E-state index in [1.165, 1.54) is 0 Å². The minimum Gasteiger partial charge on any atom is -0.488 e. The van der Waals surface area contributed by atoms with Gasteiger partial charge in [0.1, 0.15) is 23.9 Å². The molecule has 0 fully saturated rings. The van der Waals surface area contributed by atoms with Gasteiger partial charge in [-0.2, -0.15) is 0 Å². The Labute approximate surface area is 118 Å². The molecule has 0 aliphatic rings. The Morgan fingerprint density at radius 1 is 1.26 bits per heavy atom. The molecule has 0 aliphatic carbocycles. The van der Waals surface area contributed by atoms with E-state index in [9.17, 15) is 0 Å². The molecular weight excluding hydrogens is 262 g/mol. The highest BCUT2D eigenvalue weighted by Gasteiger charge is 2.08. The summed E-state index contributed by atoms with van der Waals surface area (Å²) in [5, 5.41) is 3.74. The monoisotopic (exact) mass is 279 g/mol. The normalized spacial score (nSPS) is 10.7. The summed E-state index contributed by atoms with van der Waals surface area (Å²) in [7, 11) is 1.89. The number of hydrogen-bond donors (Lipinski definition) is 1. The molecule has 1 aromatic heterocycles. The lowest BCUT2D eigenvalue weighted by atomic mass is 10.2. The SMILES string of the molecule is CNCc1cc(COc2cc(Cl)ccc2C)c(C)o1. The highest BCUT2D eigenvalue weighted by Crippen LogP contribution is 2.24. The van der Waals surface area contributed by atoms with Gasteiger partial charge in [-0.1, -0.05) is 17.7 Å². The van der Waals surface area contributed by atoms with Crippen LogP contribution in [0, 0.1) is 13.8 Å². The zero-order valence-electron chi connectivity index (χ0n) is 11.4. The van der Waals surface area contributed by atoms with Crippen LogP contribution in [0.15, 0.2) is 28.7 Å². The third kappa shape index (κ3) is 3.52. The highest BCUT2D eigenvalue weighted by atomic mass is 35.5. The Balaban J connectivity index is 2.07. The number of hydrogen-bond acceptors (Lipinski definition) is 3. The van der Waals surface area contributed by atoms with Crippen molar-refractivity contribution in [3.8, 4) is 5.75 Å².